The average molecular weight is 231 g/mol. The number of fused-ring (bicyclic) bond motifs is 1. The normalized spacial score (nSPS) is 11.9. The zero-order chi connectivity index (χ0) is 12.5. The molecule has 0 unspecified atom stereocenters. The molecule has 1 heterocycles. The lowest BCUT2D eigenvalue weighted by Crippen LogP contribution is -2.24. The second-order valence-corrected chi connectivity index (χ2v) is 5.05. The van der Waals surface area contributed by atoms with Crippen molar-refractivity contribution in [3.63, 3.8) is 0 Å². The van der Waals surface area contributed by atoms with Crippen molar-refractivity contribution in [2.75, 3.05) is 0 Å². The van der Waals surface area contributed by atoms with Gasteiger partial charge in [-0.05, 0) is 38.3 Å². The number of rotatable bonds is 4. The number of aromatic amines is 1. The molecule has 0 fully saturated rings. The molecule has 90 valence electrons. The van der Waals surface area contributed by atoms with E-state index in [0.717, 1.165) is 11.9 Å². The lowest BCUT2D eigenvalue weighted by atomic mass is 9.86. The molecule has 2 aromatic rings. The fourth-order valence-electron chi connectivity index (χ4n) is 1.89. The topological polar surface area (TPSA) is 53.1 Å². The van der Waals surface area contributed by atoms with Crippen molar-refractivity contribution in [3.8, 4) is 0 Å². The summed E-state index contributed by atoms with van der Waals surface area (Å²) >= 11 is 0. The van der Waals surface area contributed by atoms with Crippen molar-refractivity contribution in [2.24, 2.45) is 5.41 Å². The predicted octanol–water partition coefficient (Wildman–Crippen LogP) is 3.21. The number of aryl methyl sites for hydroxylation is 1. The van der Waals surface area contributed by atoms with Crippen LogP contribution in [0.2, 0.25) is 0 Å². The quantitative estimate of drug-likeness (QED) is 0.848. The lowest BCUT2D eigenvalue weighted by Gasteiger charge is -2.18. The number of para-hydroxylation sites is 1. The number of carboxylic acids is 1. The van der Waals surface area contributed by atoms with Crippen molar-refractivity contribution in [1.82, 2.24) is 4.98 Å². The largest absolute Gasteiger partial charge is 0.481 e. The molecular formula is C14H17NO2. The molecule has 0 radical (unpaired) electrons. The number of hydrogen-bond acceptors (Lipinski definition) is 1. The third kappa shape index (κ3) is 2.33. The molecule has 0 bridgehead atoms. The van der Waals surface area contributed by atoms with Crippen LogP contribution in [0.1, 0.15) is 25.8 Å². The summed E-state index contributed by atoms with van der Waals surface area (Å²) in [7, 11) is 0. The highest BCUT2D eigenvalue weighted by Crippen LogP contribution is 2.26. The molecule has 1 aromatic heterocycles. The lowest BCUT2D eigenvalue weighted by molar-refractivity contribution is -0.147. The van der Waals surface area contributed by atoms with E-state index in [4.69, 9.17) is 5.11 Å². The van der Waals surface area contributed by atoms with Crippen LogP contribution >= 0.6 is 0 Å². The molecule has 0 saturated heterocycles. The Balaban J connectivity index is 2.17. The highest BCUT2D eigenvalue weighted by Gasteiger charge is 2.26. The van der Waals surface area contributed by atoms with E-state index in [0.29, 0.717) is 6.42 Å². The van der Waals surface area contributed by atoms with Crippen LogP contribution in [0, 0.1) is 5.41 Å². The van der Waals surface area contributed by atoms with Gasteiger partial charge in [-0.15, -0.1) is 0 Å². The summed E-state index contributed by atoms with van der Waals surface area (Å²) in [6, 6.07) is 8.09. The highest BCUT2D eigenvalue weighted by molar-refractivity contribution is 5.83. The summed E-state index contributed by atoms with van der Waals surface area (Å²) in [4.78, 5) is 14.2. The van der Waals surface area contributed by atoms with Crippen LogP contribution in [0.3, 0.4) is 0 Å². The van der Waals surface area contributed by atoms with Gasteiger partial charge in [-0.2, -0.15) is 0 Å². The molecule has 0 amide bonds. The second kappa shape index (κ2) is 4.24. The van der Waals surface area contributed by atoms with Crippen molar-refractivity contribution < 1.29 is 9.90 Å². The minimum absolute atomic E-state index is 0.643. The van der Waals surface area contributed by atoms with Crippen molar-refractivity contribution in [2.45, 2.75) is 26.7 Å². The van der Waals surface area contributed by atoms with Crippen LogP contribution in [0.5, 0.6) is 0 Å². The fraction of sp³-hybridized carbons (Fsp3) is 0.357. The average Bonchev–Trinajstić information content (AvgIpc) is 2.69. The summed E-state index contributed by atoms with van der Waals surface area (Å²) in [5.74, 6) is -0.739. The van der Waals surface area contributed by atoms with Gasteiger partial charge in [-0.25, -0.2) is 0 Å². The Hall–Kier alpha value is -1.77. The SMILES string of the molecule is CC(C)(CCc1c[nH]c2ccccc12)C(=O)O. The number of hydrogen-bond donors (Lipinski definition) is 2. The summed E-state index contributed by atoms with van der Waals surface area (Å²) in [6.07, 6.45) is 3.40. The fourth-order valence-corrected chi connectivity index (χ4v) is 1.89. The third-order valence-corrected chi connectivity index (χ3v) is 3.27. The minimum Gasteiger partial charge on any atom is -0.481 e. The van der Waals surface area contributed by atoms with E-state index in [9.17, 15) is 4.79 Å². The number of carboxylic acid groups (broad SMARTS) is 1. The minimum atomic E-state index is -0.739. The molecule has 0 aliphatic heterocycles. The molecule has 0 aliphatic rings. The predicted molar refractivity (Wildman–Crippen MR) is 68.0 cm³/mol. The number of carbonyl (C=O) groups is 1. The van der Waals surface area contributed by atoms with Gasteiger partial charge in [-0.3, -0.25) is 4.79 Å². The van der Waals surface area contributed by atoms with E-state index in [1.807, 2.05) is 24.4 Å². The van der Waals surface area contributed by atoms with E-state index in [1.54, 1.807) is 13.8 Å². The number of aromatic nitrogens is 1. The molecule has 2 rings (SSSR count). The molecule has 0 saturated carbocycles. The van der Waals surface area contributed by atoms with E-state index in [-0.39, 0.29) is 0 Å². The molecule has 1 aromatic carbocycles. The summed E-state index contributed by atoms with van der Waals surface area (Å²) < 4.78 is 0. The zero-order valence-corrected chi connectivity index (χ0v) is 10.2. The Bertz CT molecular complexity index is 540. The third-order valence-electron chi connectivity index (χ3n) is 3.27. The van der Waals surface area contributed by atoms with Crippen LogP contribution in [0.15, 0.2) is 30.5 Å². The molecule has 3 nitrogen and oxygen atoms in total. The highest BCUT2D eigenvalue weighted by atomic mass is 16.4. The first-order valence-corrected chi connectivity index (χ1v) is 5.79. The first-order chi connectivity index (χ1) is 8.00. The zero-order valence-electron chi connectivity index (χ0n) is 10.2. The first kappa shape index (κ1) is 11.7. The van der Waals surface area contributed by atoms with Gasteiger partial charge in [-0.1, -0.05) is 18.2 Å². The van der Waals surface area contributed by atoms with Gasteiger partial charge in [0.25, 0.3) is 0 Å². The van der Waals surface area contributed by atoms with Crippen LogP contribution in [0.4, 0.5) is 0 Å². The Morgan fingerprint density at radius 2 is 2.06 bits per heavy atom. The maximum atomic E-state index is 11.0. The summed E-state index contributed by atoms with van der Waals surface area (Å²) in [5.41, 5.74) is 1.63. The van der Waals surface area contributed by atoms with Crippen LogP contribution < -0.4 is 0 Å². The molecule has 17 heavy (non-hydrogen) atoms. The molecular weight excluding hydrogens is 214 g/mol. The van der Waals surface area contributed by atoms with Crippen LogP contribution in [0.25, 0.3) is 10.9 Å². The van der Waals surface area contributed by atoms with Crippen molar-refractivity contribution >= 4 is 16.9 Å². The number of H-pyrrole nitrogens is 1. The Labute approximate surface area is 100 Å². The molecule has 2 N–H and O–H groups in total. The molecule has 0 aliphatic carbocycles. The van der Waals surface area contributed by atoms with E-state index < -0.39 is 11.4 Å². The monoisotopic (exact) mass is 231 g/mol. The number of nitrogens with one attached hydrogen (secondary N) is 1. The maximum absolute atomic E-state index is 11.0. The van der Waals surface area contributed by atoms with Gasteiger partial charge >= 0.3 is 5.97 Å². The second-order valence-electron chi connectivity index (χ2n) is 5.05. The smallest absolute Gasteiger partial charge is 0.309 e. The van der Waals surface area contributed by atoms with Gasteiger partial charge in [0, 0.05) is 17.1 Å². The standard InChI is InChI=1S/C14H17NO2/c1-14(2,13(16)17)8-7-10-9-15-12-6-4-3-5-11(10)12/h3-6,9,15H,7-8H2,1-2H3,(H,16,17). The Morgan fingerprint density at radius 1 is 1.35 bits per heavy atom. The van der Waals surface area contributed by atoms with E-state index in [1.165, 1.54) is 10.9 Å². The molecule has 0 atom stereocenters. The summed E-state index contributed by atoms with van der Waals surface area (Å²) in [5, 5.41) is 10.3. The van der Waals surface area contributed by atoms with Gasteiger partial charge in [0.2, 0.25) is 0 Å². The van der Waals surface area contributed by atoms with Crippen LogP contribution in [-0.2, 0) is 11.2 Å². The van der Waals surface area contributed by atoms with Gasteiger partial charge in [0.15, 0.2) is 0 Å². The Morgan fingerprint density at radius 3 is 2.76 bits per heavy atom. The van der Waals surface area contributed by atoms with Gasteiger partial charge in [0.1, 0.15) is 0 Å². The molecule has 0 spiro atoms. The van der Waals surface area contributed by atoms with Gasteiger partial charge < -0.3 is 10.1 Å². The first-order valence-electron chi connectivity index (χ1n) is 5.79. The summed E-state index contributed by atoms with van der Waals surface area (Å²) in [6.45, 7) is 3.54. The van der Waals surface area contributed by atoms with E-state index >= 15 is 0 Å². The van der Waals surface area contributed by atoms with Crippen molar-refractivity contribution in [3.05, 3.63) is 36.0 Å². The molecule has 3 heteroatoms. The Kier molecular flexibility index (Phi) is 2.92. The van der Waals surface area contributed by atoms with Crippen molar-refractivity contribution in [1.29, 1.82) is 0 Å². The van der Waals surface area contributed by atoms with E-state index in [2.05, 4.69) is 11.1 Å². The number of aliphatic carboxylic acids is 1. The number of benzene rings is 1. The maximum Gasteiger partial charge on any atom is 0.309 e. The van der Waals surface area contributed by atoms with Gasteiger partial charge in [0.05, 0.1) is 5.41 Å². The van der Waals surface area contributed by atoms with Crippen LogP contribution in [-0.4, -0.2) is 16.1 Å².